The molecule has 1 aromatic carbocycles. The van der Waals surface area contributed by atoms with Crippen molar-refractivity contribution in [1.82, 2.24) is 0 Å². The van der Waals surface area contributed by atoms with E-state index < -0.39 is 5.60 Å². The summed E-state index contributed by atoms with van der Waals surface area (Å²) in [7, 11) is 0. The third-order valence-electron chi connectivity index (χ3n) is 3.81. The Morgan fingerprint density at radius 3 is 2.76 bits per heavy atom. The first-order valence-electron chi connectivity index (χ1n) is 6.70. The fourth-order valence-electron chi connectivity index (χ4n) is 2.68. The van der Waals surface area contributed by atoms with Crippen molar-refractivity contribution in [3.05, 3.63) is 33.2 Å². The van der Waals surface area contributed by atoms with Gasteiger partial charge in [0.2, 0.25) is 0 Å². The number of benzene rings is 1. The first kappa shape index (κ1) is 13.9. The van der Waals surface area contributed by atoms with Gasteiger partial charge in [-0.25, -0.2) is 0 Å². The van der Waals surface area contributed by atoms with Crippen molar-refractivity contribution in [1.29, 1.82) is 0 Å². The SMILES string of the molecule is CC1(C)Cc2oc3cc(O)c(O)c(CN)c3c(=O)c2CO1. The largest absolute Gasteiger partial charge is 0.504 e. The second-order valence-corrected chi connectivity index (χ2v) is 5.86. The summed E-state index contributed by atoms with van der Waals surface area (Å²) in [5.41, 5.74) is 5.78. The molecule has 0 saturated heterocycles. The molecule has 3 rings (SSSR count). The van der Waals surface area contributed by atoms with Gasteiger partial charge in [-0.15, -0.1) is 0 Å². The number of fused-ring (bicyclic) bond motifs is 2. The number of hydrogen-bond donors (Lipinski definition) is 3. The summed E-state index contributed by atoms with van der Waals surface area (Å²) in [6.45, 7) is 3.92. The molecular weight excluding hydrogens is 274 g/mol. The summed E-state index contributed by atoms with van der Waals surface area (Å²) in [6.07, 6.45) is 0.465. The molecule has 0 amide bonds. The lowest BCUT2D eigenvalue weighted by Crippen LogP contribution is -2.34. The van der Waals surface area contributed by atoms with Gasteiger partial charge in [0.05, 0.1) is 23.2 Å². The Morgan fingerprint density at radius 2 is 2.10 bits per heavy atom. The Labute approximate surface area is 120 Å². The molecule has 2 aromatic rings. The lowest BCUT2D eigenvalue weighted by Gasteiger charge is -2.30. The average molecular weight is 291 g/mol. The van der Waals surface area contributed by atoms with E-state index in [2.05, 4.69) is 0 Å². The van der Waals surface area contributed by atoms with Crippen molar-refractivity contribution in [2.75, 3.05) is 0 Å². The lowest BCUT2D eigenvalue weighted by atomic mass is 9.95. The van der Waals surface area contributed by atoms with E-state index in [0.29, 0.717) is 17.7 Å². The molecule has 1 aliphatic heterocycles. The zero-order valence-corrected chi connectivity index (χ0v) is 11.9. The molecule has 4 N–H and O–H groups in total. The minimum atomic E-state index is -0.410. The van der Waals surface area contributed by atoms with Crippen LogP contribution >= 0.6 is 0 Å². The van der Waals surface area contributed by atoms with Gasteiger partial charge in [0.15, 0.2) is 16.9 Å². The molecule has 6 heteroatoms. The van der Waals surface area contributed by atoms with Gasteiger partial charge >= 0.3 is 0 Å². The van der Waals surface area contributed by atoms with E-state index in [4.69, 9.17) is 14.9 Å². The van der Waals surface area contributed by atoms with Crippen LogP contribution in [0.25, 0.3) is 11.0 Å². The van der Waals surface area contributed by atoms with Crippen molar-refractivity contribution < 1.29 is 19.4 Å². The molecule has 112 valence electrons. The van der Waals surface area contributed by atoms with Crippen molar-refractivity contribution in [3.63, 3.8) is 0 Å². The highest BCUT2D eigenvalue weighted by Crippen LogP contribution is 2.36. The second kappa shape index (κ2) is 4.47. The van der Waals surface area contributed by atoms with Gasteiger partial charge in [0, 0.05) is 24.6 Å². The zero-order valence-electron chi connectivity index (χ0n) is 11.9. The molecule has 0 bridgehead atoms. The Balaban J connectivity index is 2.38. The van der Waals surface area contributed by atoms with Gasteiger partial charge in [-0.05, 0) is 13.8 Å². The molecule has 0 atom stereocenters. The van der Waals surface area contributed by atoms with Crippen LogP contribution < -0.4 is 11.2 Å². The molecule has 6 nitrogen and oxygen atoms in total. The fraction of sp³-hybridized carbons (Fsp3) is 0.400. The summed E-state index contributed by atoms with van der Waals surface area (Å²) < 4.78 is 11.4. The molecule has 21 heavy (non-hydrogen) atoms. The normalized spacial score (nSPS) is 16.9. The molecule has 2 heterocycles. The Kier molecular flexibility index (Phi) is 2.96. The Morgan fingerprint density at radius 1 is 1.38 bits per heavy atom. The molecule has 0 fully saturated rings. The molecule has 0 spiro atoms. The molecule has 0 radical (unpaired) electrons. The van der Waals surface area contributed by atoms with Gasteiger partial charge in [-0.2, -0.15) is 0 Å². The molecule has 1 aromatic heterocycles. The summed E-state index contributed by atoms with van der Waals surface area (Å²) in [5.74, 6) is -0.177. The van der Waals surface area contributed by atoms with E-state index in [9.17, 15) is 15.0 Å². The summed E-state index contributed by atoms with van der Waals surface area (Å²) in [5, 5.41) is 19.8. The van der Waals surface area contributed by atoms with E-state index in [-0.39, 0.29) is 46.6 Å². The molecule has 1 aliphatic rings. The highest BCUT2D eigenvalue weighted by Gasteiger charge is 2.31. The number of ether oxygens (including phenoxy) is 1. The van der Waals surface area contributed by atoms with E-state index >= 15 is 0 Å². The molecule has 0 saturated carbocycles. The van der Waals surface area contributed by atoms with Crippen LogP contribution in [0.3, 0.4) is 0 Å². The van der Waals surface area contributed by atoms with Gasteiger partial charge in [0.25, 0.3) is 0 Å². The smallest absolute Gasteiger partial charge is 0.198 e. The number of phenolic OH excluding ortho intramolecular Hbond substituents is 2. The maximum atomic E-state index is 12.6. The number of hydrogen-bond acceptors (Lipinski definition) is 6. The van der Waals surface area contributed by atoms with Crippen LogP contribution in [-0.4, -0.2) is 15.8 Å². The number of rotatable bonds is 1. The second-order valence-electron chi connectivity index (χ2n) is 5.86. The van der Waals surface area contributed by atoms with Crippen LogP contribution in [0.1, 0.15) is 30.7 Å². The number of phenols is 2. The van der Waals surface area contributed by atoms with E-state index in [1.807, 2.05) is 13.8 Å². The van der Waals surface area contributed by atoms with Crippen LogP contribution in [-0.2, 0) is 24.3 Å². The van der Waals surface area contributed by atoms with Gasteiger partial charge in [-0.1, -0.05) is 0 Å². The highest BCUT2D eigenvalue weighted by molar-refractivity contribution is 5.86. The fourth-order valence-corrected chi connectivity index (χ4v) is 2.68. The van der Waals surface area contributed by atoms with Crippen molar-refractivity contribution >= 4 is 11.0 Å². The van der Waals surface area contributed by atoms with E-state index in [0.717, 1.165) is 0 Å². The van der Waals surface area contributed by atoms with Gasteiger partial charge in [-0.3, -0.25) is 4.79 Å². The van der Waals surface area contributed by atoms with Crippen LogP contribution in [0.15, 0.2) is 15.3 Å². The molecule has 0 unspecified atom stereocenters. The Hall–Kier alpha value is -2.05. The third-order valence-corrected chi connectivity index (χ3v) is 3.81. The first-order chi connectivity index (χ1) is 9.84. The summed E-state index contributed by atoms with van der Waals surface area (Å²) in [4.78, 5) is 12.6. The predicted octanol–water partition coefficient (Wildman–Crippen LogP) is 1.51. The lowest BCUT2D eigenvalue weighted by molar-refractivity contribution is -0.0461. The number of nitrogens with two attached hydrogens (primary N) is 1. The maximum Gasteiger partial charge on any atom is 0.198 e. The van der Waals surface area contributed by atoms with Crippen LogP contribution in [0, 0.1) is 0 Å². The van der Waals surface area contributed by atoms with E-state index in [1.165, 1.54) is 6.07 Å². The summed E-state index contributed by atoms with van der Waals surface area (Å²) in [6, 6.07) is 1.24. The van der Waals surface area contributed by atoms with Crippen molar-refractivity contribution in [2.45, 2.75) is 39.0 Å². The topological polar surface area (TPSA) is 106 Å². The third kappa shape index (κ3) is 2.07. The quantitative estimate of drug-likeness (QED) is 0.688. The maximum absolute atomic E-state index is 12.6. The standard InChI is InChI=1S/C15H17NO5/c1-15(2)4-11-8(6-20-15)14(19)12-7(5-16)13(18)9(17)3-10(12)21-11/h3,17-18H,4-6,16H2,1-2H3. The van der Waals surface area contributed by atoms with Crippen LogP contribution in [0.5, 0.6) is 11.5 Å². The predicted molar refractivity (Wildman–Crippen MR) is 76.3 cm³/mol. The highest BCUT2D eigenvalue weighted by atomic mass is 16.5. The minimum absolute atomic E-state index is 0.0768. The van der Waals surface area contributed by atoms with Gasteiger partial charge < -0.3 is 25.1 Å². The molecular formula is C15H17NO5. The van der Waals surface area contributed by atoms with Crippen molar-refractivity contribution in [3.8, 4) is 11.5 Å². The average Bonchev–Trinajstić information content (AvgIpc) is 2.40. The Bertz CT molecular complexity index is 791. The van der Waals surface area contributed by atoms with E-state index in [1.54, 1.807) is 0 Å². The number of aromatic hydroxyl groups is 2. The zero-order chi connectivity index (χ0) is 15.4. The van der Waals surface area contributed by atoms with Gasteiger partial charge in [0.1, 0.15) is 11.3 Å². The first-order valence-corrected chi connectivity index (χ1v) is 6.70. The monoisotopic (exact) mass is 291 g/mol. The molecule has 0 aliphatic carbocycles. The summed E-state index contributed by atoms with van der Waals surface area (Å²) >= 11 is 0. The van der Waals surface area contributed by atoms with Crippen molar-refractivity contribution in [2.24, 2.45) is 5.73 Å². The van der Waals surface area contributed by atoms with Crippen LogP contribution in [0.2, 0.25) is 0 Å². The van der Waals surface area contributed by atoms with Crippen LogP contribution in [0.4, 0.5) is 0 Å². The minimum Gasteiger partial charge on any atom is -0.504 e.